The molecule has 6 heteroatoms. The van der Waals surface area contributed by atoms with Crippen molar-refractivity contribution in [3.8, 4) is 0 Å². The number of ether oxygens (including phenoxy) is 1. The van der Waals surface area contributed by atoms with E-state index in [-0.39, 0.29) is 17.9 Å². The predicted molar refractivity (Wildman–Crippen MR) is 129 cm³/mol. The van der Waals surface area contributed by atoms with Crippen molar-refractivity contribution >= 4 is 5.91 Å². The molecule has 4 rings (SSSR count). The molecule has 5 atom stereocenters. The fourth-order valence-electron chi connectivity index (χ4n) is 5.56. The summed E-state index contributed by atoms with van der Waals surface area (Å²) < 4.78 is 5.30. The van der Waals surface area contributed by atoms with E-state index in [1.165, 1.54) is 11.1 Å². The molecule has 1 saturated carbocycles. The fourth-order valence-corrected chi connectivity index (χ4v) is 5.56. The maximum atomic E-state index is 12.2. The summed E-state index contributed by atoms with van der Waals surface area (Å²) in [6.07, 6.45) is 8.69. The Hall–Kier alpha value is -1.99. The van der Waals surface area contributed by atoms with E-state index in [0.717, 1.165) is 31.4 Å². The summed E-state index contributed by atoms with van der Waals surface area (Å²) >= 11 is 0. The van der Waals surface area contributed by atoms with Gasteiger partial charge in [-0.1, -0.05) is 53.6 Å². The van der Waals surface area contributed by atoms with Gasteiger partial charge >= 0.3 is 0 Å². The average molecular weight is 455 g/mol. The number of allylic oxidation sites excluding steroid dienone is 1. The smallest absolute Gasteiger partial charge is 0.236 e. The van der Waals surface area contributed by atoms with Gasteiger partial charge in [0.05, 0.1) is 32.0 Å². The average Bonchev–Trinajstić information content (AvgIpc) is 3.32. The molecule has 0 unspecified atom stereocenters. The van der Waals surface area contributed by atoms with Crippen LogP contribution in [-0.2, 0) is 16.0 Å². The van der Waals surface area contributed by atoms with Crippen LogP contribution in [0.4, 0.5) is 0 Å². The molecule has 1 amide bonds. The molecule has 33 heavy (non-hydrogen) atoms. The van der Waals surface area contributed by atoms with Gasteiger partial charge in [0.1, 0.15) is 0 Å². The van der Waals surface area contributed by atoms with Crippen LogP contribution >= 0.6 is 0 Å². The van der Waals surface area contributed by atoms with E-state index in [0.29, 0.717) is 51.1 Å². The molecule has 2 aliphatic carbocycles. The molecule has 0 spiro atoms. The Morgan fingerprint density at radius 3 is 2.94 bits per heavy atom. The van der Waals surface area contributed by atoms with E-state index in [4.69, 9.17) is 4.74 Å². The first-order valence-corrected chi connectivity index (χ1v) is 12.4. The Morgan fingerprint density at radius 2 is 2.15 bits per heavy atom. The van der Waals surface area contributed by atoms with Crippen molar-refractivity contribution in [2.75, 3.05) is 39.4 Å². The summed E-state index contributed by atoms with van der Waals surface area (Å²) in [4.78, 5) is 14.1. The van der Waals surface area contributed by atoms with Crippen LogP contribution in [0.1, 0.15) is 30.4 Å². The second-order valence-electron chi connectivity index (χ2n) is 9.80. The maximum Gasteiger partial charge on any atom is 0.236 e. The highest BCUT2D eigenvalue weighted by Crippen LogP contribution is 2.47. The van der Waals surface area contributed by atoms with Gasteiger partial charge < -0.3 is 25.2 Å². The largest absolute Gasteiger partial charge is 0.392 e. The molecule has 0 bridgehead atoms. The third kappa shape index (κ3) is 6.54. The van der Waals surface area contributed by atoms with E-state index >= 15 is 0 Å². The second-order valence-corrected chi connectivity index (χ2v) is 9.80. The third-order valence-electron chi connectivity index (χ3n) is 7.30. The Labute approximate surface area is 197 Å². The molecule has 180 valence electrons. The molecule has 1 saturated heterocycles. The van der Waals surface area contributed by atoms with Gasteiger partial charge in [-0.25, -0.2) is 0 Å². The number of nitrogens with one attached hydrogen (secondary N) is 1. The van der Waals surface area contributed by atoms with Crippen molar-refractivity contribution in [1.29, 1.82) is 0 Å². The highest BCUT2D eigenvalue weighted by atomic mass is 16.5. The fraction of sp³-hybridized carbons (Fsp3) is 0.593. The SMILES string of the molecule is Cc1cccc(C[C@@H](O)/C=C/[C@@H]2[C@H]3CC(CCNCC(=O)N4CCOCC4)=C[C@H]3C[C@H]2O)c1. The van der Waals surface area contributed by atoms with E-state index in [1.807, 2.05) is 29.2 Å². The Balaban J connectivity index is 1.21. The number of hydrogen-bond acceptors (Lipinski definition) is 5. The number of amides is 1. The van der Waals surface area contributed by atoms with Gasteiger partial charge in [0, 0.05) is 25.4 Å². The quantitative estimate of drug-likeness (QED) is 0.394. The standard InChI is InChI=1S/C27H38N2O4/c1-19-3-2-4-20(13-19)15-23(30)5-6-24-25-16-21(14-22(25)17-26(24)31)7-8-28-18-27(32)29-9-11-33-12-10-29/h2-6,13-14,22-26,28,30-31H,7-12,15-18H2,1H3/b6-5+/t22-,23-,24+,25-,26+/m0/s1. The first kappa shape index (κ1) is 24.1. The number of carbonyl (C=O) groups is 1. The molecule has 1 heterocycles. The molecule has 3 N–H and O–H groups in total. The molecule has 1 aliphatic heterocycles. The summed E-state index contributed by atoms with van der Waals surface area (Å²) in [6, 6.07) is 8.22. The van der Waals surface area contributed by atoms with Gasteiger partial charge in [0.25, 0.3) is 0 Å². The lowest BCUT2D eigenvalue weighted by Gasteiger charge is -2.27. The number of aliphatic hydroxyl groups is 2. The molecule has 2 fully saturated rings. The third-order valence-corrected chi connectivity index (χ3v) is 7.30. The van der Waals surface area contributed by atoms with E-state index in [2.05, 4.69) is 30.4 Å². The summed E-state index contributed by atoms with van der Waals surface area (Å²) in [6.45, 7) is 5.86. The Kier molecular flexibility index (Phi) is 8.36. The van der Waals surface area contributed by atoms with Crippen LogP contribution in [0.5, 0.6) is 0 Å². The van der Waals surface area contributed by atoms with Crippen LogP contribution in [-0.4, -0.2) is 72.6 Å². The normalized spacial score (nSPS) is 28.2. The van der Waals surface area contributed by atoms with Crippen LogP contribution in [0, 0.1) is 24.7 Å². The first-order valence-electron chi connectivity index (χ1n) is 12.4. The van der Waals surface area contributed by atoms with Gasteiger partial charge in [-0.2, -0.15) is 0 Å². The maximum absolute atomic E-state index is 12.2. The Bertz CT molecular complexity index is 861. The number of carbonyl (C=O) groups excluding carboxylic acids is 1. The first-order chi connectivity index (χ1) is 16.0. The number of benzene rings is 1. The number of aryl methyl sites for hydroxylation is 1. The Morgan fingerprint density at radius 1 is 1.33 bits per heavy atom. The van der Waals surface area contributed by atoms with Crippen molar-refractivity contribution in [3.63, 3.8) is 0 Å². The molecule has 1 aromatic rings. The molecular weight excluding hydrogens is 416 g/mol. The lowest BCUT2D eigenvalue weighted by molar-refractivity contribution is -0.134. The van der Waals surface area contributed by atoms with Gasteiger partial charge in [0.2, 0.25) is 5.91 Å². The molecule has 0 radical (unpaired) electrons. The zero-order chi connectivity index (χ0) is 23.2. The van der Waals surface area contributed by atoms with Crippen LogP contribution < -0.4 is 5.32 Å². The topological polar surface area (TPSA) is 82.0 Å². The second kappa shape index (κ2) is 11.4. The molecule has 1 aromatic carbocycles. The lowest BCUT2D eigenvalue weighted by atomic mass is 9.88. The minimum absolute atomic E-state index is 0.0896. The molecular formula is C27H38N2O4. The lowest BCUT2D eigenvalue weighted by Crippen LogP contribution is -2.44. The summed E-state index contributed by atoms with van der Waals surface area (Å²) in [5.74, 6) is 1.06. The van der Waals surface area contributed by atoms with Gasteiger partial charge in [-0.3, -0.25) is 4.79 Å². The van der Waals surface area contributed by atoms with Crippen molar-refractivity contribution in [2.45, 2.75) is 44.8 Å². The van der Waals surface area contributed by atoms with Crippen LogP contribution in [0.2, 0.25) is 0 Å². The zero-order valence-corrected chi connectivity index (χ0v) is 19.7. The van der Waals surface area contributed by atoms with Crippen molar-refractivity contribution in [1.82, 2.24) is 10.2 Å². The highest BCUT2D eigenvalue weighted by Gasteiger charge is 2.43. The molecule has 0 aromatic heterocycles. The van der Waals surface area contributed by atoms with Crippen molar-refractivity contribution in [2.24, 2.45) is 17.8 Å². The number of hydrogen-bond donors (Lipinski definition) is 3. The number of fused-ring (bicyclic) bond motifs is 1. The summed E-state index contributed by atoms with van der Waals surface area (Å²) in [7, 11) is 0. The van der Waals surface area contributed by atoms with Crippen LogP contribution in [0.3, 0.4) is 0 Å². The van der Waals surface area contributed by atoms with Crippen molar-refractivity contribution in [3.05, 3.63) is 59.2 Å². The summed E-state index contributed by atoms with van der Waals surface area (Å²) in [5.41, 5.74) is 3.74. The van der Waals surface area contributed by atoms with Gasteiger partial charge in [0.15, 0.2) is 0 Å². The minimum atomic E-state index is -0.542. The molecule has 3 aliphatic rings. The van der Waals surface area contributed by atoms with Crippen LogP contribution in [0.15, 0.2) is 48.1 Å². The number of morpholine rings is 1. The van der Waals surface area contributed by atoms with Gasteiger partial charge in [-0.05, 0) is 50.1 Å². The monoisotopic (exact) mass is 454 g/mol. The molecule has 6 nitrogen and oxygen atoms in total. The van der Waals surface area contributed by atoms with Crippen molar-refractivity contribution < 1.29 is 19.7 Å². The van der Waals surface area contributed by atoms with Gasteiger partial charge in [-0.15, -0.1) is 0 Å². The highest BCUT2D eigenvalue weighted by molar-refractivity contribution is 5.78. The van der Waals surface area contributed by atoms with E-state index in [9.17, 15) is 15.0 Å². The number of aliphatic hydroxyl groups excluding tert-OH is 2. The zero-order valence-electron chi connectivity index (χ0n) is 19.7. The minimum Gasteiger partial charge on any atom is -0.392 e. The van der Waals surface area contributed by atoms with Crippen LogP contribution in [0.25, 0.3) is 0 Å². The van der Waals surface area contributed by atoms with E-state index in [1.54, 1.807) is 0 Å². The predicted octanol–water partition coefficient (Wildman–Crippen LogP) is 2.24. The number of rotatable bonds is 9. The number of nitrogens with zero attached hydrogens (tertiary/aromatic N) is 1. The van der Waals surface area contributed by atoms with E-state index < -0.39 is 6.10 Å². The summed E-state index contributed by atoms with van der Waals surface area (Å²) in [5, 5.41) is 24.4.